The third-order valence-corrected chi connectivity index (χ3v) is 2.53. The number of nitrogens with zero attached hydrogens (tertiary/aromatic N) is 2. The van der Waals surface area contributed by atoms with Crippen LogP contribution in [0.4, 0.5) is 0 Å². The number of aromatic nitrogens is 2. The van der Waals surface area contributed by atoms with Crippen molar-refractivity contribution in [3.63, 3.8) is 0 Å². The fourth-order valence-electron chi connectivity index (χ4n) is 1.65. The van der Waals surface area contributed by atoms with E-state index in [4.69, 9.17) is 14.0 Å². The molecule has 1 aliphatic heterocycles. The molecule has 1 fully saturated rings. The molecule has 0 aromatic carbocycles. The zero-order valence-electron chi connectivity index (χ0n) is 10.1. The Morgan fingerprint density at radius 1 is 1.47 bits per heavy atom. The Kier molecular flexibility index (Phi) is 4.90. The van der Waals surface area contributed by atoms with Crippen molar-refractivity contribution in [2.75, 3.05) is 33.0 Å². The van der Waals surface area contributed by atoms with E-state index in [0.717, 1.165) is 26.2 Å². The van der Waals surface area contributed by atoms with Gasteiger partial charge in [0.2, 0.25) is 5.89 Å². The molecule has 1 aliphatic rings. The first-order chi connectivity index (χ1) is 8.40. The first-order valence-electron chi connectivity index (χ1n) is 6.11. The summed E-state index contributed by atoms with van der Waals surface area (Å²) >= 11 is 0. The topological polar surface area (TPSA) is 69.4 Å². The maximum atomic E-state index is 5.37. The van der Waals surface area contributed by atoms with E-state index in [1.165, 1.54) is 0 Å². The molecule has 1 atom stereocenters. The predicted molar refractivity (Wildman–Crippen MR) is 60.7 cm³/mol. The molecule has 6 heteroatoms. The van der Waals surface area contributed by atoms with Crippen molar-refractivity contribution in [1.29, 1.82) is 0 Å². The van der Waals surface area contributed by atoms with Gasteiger partial charge in [-0.15, -0.1) is 0 Å². The van der Waals surface area contributed by atoms with Gasteiger partial charge in [-0.3, -0.25) is 0 Å². The molecule has 96 valence electrons. The summed E-state index contributed by atoms with van der Waals surface area (Å²) in [6.45, 7) is 5.66. The van der Waals surface area contributed by atoms with Gasteiger partial charge in [-0.2, -0.15) is 4.98 Å². The Bertz CT molecular complexity index is 324. The van der Waals surface area contributed by atoms with Crippen LogP contribution in [0.25, 0.3) is 0 Å². The number of nitrogens with one attached hydrogen (secondary N) is 1. The highest BCUT2D eigenvalue weighted by molar-refractivity contribution is 4.95. The van der Waals surface area contributed by atoms with Crippen LogP contribution in [-0.2, 0) is 15.9 Å². The summed E-state index contributed by atoms with van der Waals surface area (Å²) in [6, 6.07) is 0.0535. The molecule has 0 bridgehead atoms. The fraction of sp³-hybridized carbons (Fsp3) is 0.818. The lowest BCUT2D eigenvalue weighted by molar-refractivity contribution is 0.0734. The second kappa shape index (κ2) is 6.68. The average molecular weight is 241 g/mol. The molecule has 0 saturated carbocycles. The van der Waals surface area contributed by atoms with Gasteiger partial charge >= 0.3 is 0 Å². The van der Waals surface area contributed by atoms with Crippen LogP contribution in [0, 0.1) is 0 Å². The molecule has 1 unspecified atom stereocenters. The quantitative estimate of drug-likeness (QED) is 0.739. The number of hydrogen-bond acceptors (Lipinski definition) is 6. The molecule has 1 N–H and O–H groups in total. The fourth-order valence-corrected chi connectivity index (χ4v) is 1.65. The molecule has 0 radical (unpaired) electrons. The van der Waals surface area contributed by atoms with Gasteiger partial charge in [0.15, 0.2) is 5.82 Å². The van der Waals surface area contributed by atoms with E-state index in [2.05, 4.69) is 22.4 Å². The van der Waals surface area contributed by atoms with Crippen LogP contribution in [-0.4, -0.2) is 43.1 Å². The molecule has 1 aromatic heterocycles. The van der Waals surface area contributed by atoms with Gasteiger partial charge in [0.05, 0.1) is 32.3 Å². The molecular weight excluding hydrogens is 222 g/mol. The van der Waals surface area contributed by atoms with E-state index in [9.17, 15) is 0 Å². The Balaban J connectivity index is 1.78. The molecule has 0 spiro atoms. The molecule has 17 heavy (non-hydrogen) atoms. The van der Waals surface area contributed by atoms with Crippen molar-refractivity contribution < 1.29 is 14.0 Å². The molecule has 1 saturated heterocycles. The summed E-state index contributed by atoms with van der Waals surface area (Å²) < 4.78 is 15.9. The summed E-state index contributed by atoms with van der Waals surface area (Å²) in [5.41, 5.74) is 0. The highest BCUT2D eigenvalue weighted by atomic mass is 16.5. The van der Waals surface area contributed by atoms with Gasteiger partial charge in [0.1, 0.15) is 0 Å². The lowest BCUT2D eigenvalue weighted by atomic mass is 10.2. The van der Waals surface area contributed by atoms with Crippen LogP contribution < -0.4 is 5.32 Å². The lowest BCUT2D eigenvalue weighted by Crippen LogP contribution is -2.35. The molecule has 0 aliphatic carbocycles. The number of ether oxygens (including phenoxy) is 2. The lowest BCUT2D eigenvalue weighted by Gasteiger charge is -2.20. The summed E-state index contributed by atoms with van der Waals surface area (Å²) in [7, 11) is 0. The molecule has 0 amide bonds. The molecular formula is C11H19N3O3. The zero-order valence-corrected chi connectivity index (χ0v) is 10.1. The second-order valence-electron chi connectivity index (χ2n) is 3.99. The number of rotatable bonds is 6. The third-order valence-electron chi connectivity index (χ3n) is 2.53. The first-order valence-corrected chi connectivity index (χ1v) is 6.11. The Hall–Kier alpha value is -0.980. The van der Waals surface area contributed by atoms with Crippen molar-refractivity contribution in [2.45, 2.75) is 25.8 Å². The van der Waals surface area contributed by atoms with Crippen LogP contribution in [0.15, 0.2) is 4.52 Å². The maximum Gasteiger partial charge on any atom is 0.229 e. The molecule has 2 heterocycles. The number of hydrogen-bond donors (Lipinski definition) is 1. The highest BCUT2D eigenvalue weighted by Gasteiger charge is 2.20. The highest BCUT2D eigenvalue weighted by Crippen LogP contribution is 2.12. The second-order valence-corrected chi connectivity index (χ2v) is 3.99. The Morgan fingerprint density at radius 2 is 2.41 bits per heavy atom. The minimum absolute atomic E-state index is 0.0535. The van der Waals surface area contributed by atoms with Gasteiger partial charge in [-0.25, -0.2) is 0 Å². The van der Waals surface area contributed by atoms with Crippen LogP contribution >= 0.6 is 0 Å². The number of morpholine rings is 1. The molecule has 2 rings (SSSR count). The summed E-state index contributed by atoms with van der Waals surface area (Å²) in [5, 5.41) is 7.24. The van der Waals surface area contributed by atoms with Crippen LogP contribution in [0.3, 0.4) is 0 Å². The predicted octanol–water partition coefficient (Wildman–Crippen LogP) is 0.700. The Morgan fingerprint density at radius 3 is 3.18 bits per heavy atom. The van der Waals surface area contributed by atoms with Crippen LogP contribution in [0.2, 0.25) is 0 Å². The summed E-state index contributed by atoms with van der Waals surface area (Å²) in [5.74, 6) is 1.30. The summed E-state index contributed by atoms with van der Waals surface area (Å²) in [4.78, 5) is 4.33. The van der Waals surface area contributed by atoms with Gasteiger partial charge in [-0.05, 0) is 6.42 Å². The van der Waals surface area contributed by atoms with Crippen molar-refractivity contribution in [1.82, 2.24) is 15.5 Å². The third kappa shape index (κ3) is 3.76. The minimum Gasteiger partial charge on any atom is -0.381 e. The standard InChI is InChI=1S/C11H19N3O3/c1-2-5-15-6-3-10-13-11(14-17-10)9-8-16-7-4-12-9/h9,12H,2-8H2,1H3. The Labute approximate surface area is 101 Å². The van der Waals surface area contributed by atoms with E-state index in [0.29, 0.717) is 31.3 Å². The van der Waals surface area contributed by atoms with Crippen molar-refractivity contribution in [3.05, 3.63) is 11.7 Å². The van der Waals surface area contributed by atoms with Gasteiger partial charge in [0, 0.05) is 13.2 Å². The van der Waals surface area contributed by atoms with E-state index < -0.39 is 0 Å². The monoisotopic (exact) mass is 241 g/mol. The SMILES string of the molecule is CCCOCCc1nc(C2COCCN2)no1. The van der Waals surface area contributed by atoms with Gasteiger partial charge in [-0.1, -0.05) is 12.1 Å². The smallest absolute Gasteiger partial charge is 0.229 e. The zero-order chi connectivity index (χ0) is 11.9. The van der Waals surface area contributed by atoms with Crippen LogP contribution in [0.1, 0.15) is 31.1 Å². The summed E-state index contributed by atoms with van der Waals surface area (Å²) in [6.07, 6.45) is 1.69. The molecule has 6 nitrogen and oxygen atoms in total. The van der Waals surface area contributed by atoms with Crippen molar-refractivity contribution in [2.24, 2.45) is 0 Å². The maximum absolute atomic E-state index is 5.37. The van der Waals surface area contributed by atoms with E-state index >= 15 is 0 Å². The van der Waals surface area contributed by atoms with E-state index in [1.807, 2.05) is 0 Å². The minimum atomic E-state index is 0.0535. The first kappa shape index (κ1) is 12.5. The van der Waals surface area contributed by atoms with Gasteiger partial charge in [0.25, 0.3) is 0 Å². The van der Waals surface area contributed by atoms with Gasteiger partial charge < -0.3 is 19.3 Å². The normalized spacial score (nSPS) is 20.6. The van der Waals surface area contributed by atoms with E-state index in [1.54, 1.807) is 0 Å². The van der Waals surface area contributed by atoms with Crippen molar-refractivity contribution in [3.8, 4) is 0 Å². The molecule has 1 aromatic rings. The average Bonchev–Trinajstić information content (AvgIpc) is 2.85. The van der Waals surface area contributed by atoms with E-state index in [-0.39, 0.29) is 6.04 Å². The van der Waals surface area contributed by atoms with Crippen LogP contribution in [0.5, 0.6) is 0 Å². The largest absolute Gasteiger partial charge is 0.381 e. The van der Waals surface area contributed by atoms with Crippen molar-refractivity contribution >= 4 is 0 Å².